The van der Waals surface area contributed by atoms with Crippen molar-refractivity contribution >= 4 is 29.2 Å². The summed E-state index contributed by atoms with van der Waals surface area (Å²) in [6, 6.07) is 6.89. The van der Waals surface area contributed by atoms with Gasteiger partial charge in [0, 0.05) is 41.8 Å². The Morgan fingerprint density at radius 3 is 2.64 bits per heavy atom. The predicted octanol–water partition coefficient (Wildman–Crippen LogP) is 3.58. The van der Waals surface area contributed by atoms with E-state index in [1.807, 2.05) is 0 Å². The Bertz CT molecular complexity index is 1360. The molecule has 0 saturated heterocycles. The summed E-state index contributed by atoms with van der Waals surface area (Å²) in [5.41, 5.74) is 6.17. The van der Waals surface area contributed by atoms with Crippen molar-refractivity contribution in [1.29, 1.82) is 0 Å². The Hall–Kier alpha value is -4.15. The number of pyridine rings is 1. The van der Waals surface area contributed by atoms with Crippen molar-refractivity contribution in [3.05, 3.63) is 75.7 Å². The third-order valence-corrected chi connectivity index (χ3v) is 6.46. The van der Waals surface area contributed by atoms with Crippen LogP contribution in [0.4, 0.5) is 19.3 Å². The molecule has 0 radical (unpaired) electrons. The van der Waals surface area contributed by atoms with Gasteiger partial charge in [-0.2, -0.15) is 0 Å². The second-order valence-electron chi connectivity index (χ2n) is 9.63. The number of halogens is 2. The number of rotatable bonds is 12. The molecule has 2 heterocycles. The number of allylic oxidation sites excluding steroid dienone is 1. The number of alkyl halides is 2. The lowest BCUT2D eigenvalue weighted by Gasteiger charge is -2.22. The first kappa shape index (κ1) is 29.4. The summed E-state index contributed by atoms with van der Waals surface area (Å²) >= 11 is 0. The minimum absolute atomic E-state index is 0.0734. The number of carbonyl (C=O) groups excluding carboxylic acids is 3. The number of aliphatic imine (C=N–C) groups is 1. The van der Waals surface area contributed by atoms with Gasteiger partial charge < -0.3 is 20.4 Å². The minimum Gasteiger partial charge on any atom is -0.453 e. The summed E-state index contributed by atoms with van der Waals surface area (Å²) in [5.74, 6) is -5.01. The number of nitrogens with one attached hydrogen (secondary N) is 1. The van der Waals surface area contributed by atoms with Crippen LogP contribution in [0.3, 0.4) is 0 Å². The molecule has 11 heteroatoms. The number of ketones is 1. The van der Waals surface area contributed by atoms with Crippen molar-refractivity contribution < 1.29 is 27.9 Å². The van der Waals surface area contributed by atoms with Crippen LogP contribution in [0.5, 0.6) is 0 Å². The molecule has 0 saturated carbocycles. The van der Waals surface area contributed by atoms with Gasteiger partial charge in [0.1, 0.15) is 0 Å². The summed E-state index contributed by atoms with van der Waals surface area (Å²) in [5, 5.41) is 2.45. The lowest BCUT2D eigenvalue weighted by Crippen LogP contribution is -2.42. The van der Waals surface area contributed by atoms with Gasteiger partial charge in [-0.1, -0.05) is 44.2 Å². The van der Waals surface area contributed by atoms with Gasteiger partial charge in [0.25, 0.3) is 11.5 Å². The molecule has 2 aromatic rings. The molecule has 0 unspecified atom stereocenters. The molecule has 208 valence electrons. The van der Waals surface area contributed by atoms with Crippen LogP contribution in [-0.2, 0) is 39.6 Å². The number of ether oxygens (including phenoxy) is 1. The third kappa shape index (κ3) is 7.24. The predicted molar refractivity (Wildman–Crippen MR) is 142 cm³/mol. The first-order valence-electron chi connectivity index (χ1n) is 12.5. The van der Waals surface area contributed by atoms with Gasteiger partial charge in [0.05, 0.1) is 25.4 Å². The fourth-order valence-corrected chi connectivity index (χ4v) is 4.29. The van der Waals surface area contributed by atoms with E-state index in [0.717, 1.165) is 13.2 Å². The van der Waals surface area contributed by atoms with Crippen LogP contribution in [0.1, 0.15) is 43.4 Å². The van der Waals surface area contributed by atoms with Crippen LogP contribution >= 0.6 is 0 Å². The topological polar surface area (TPSA) is 133 Å². The Morgan fingerprint density at radius 2 is 1.97 bits per heavy atom. The number of methoxy groups -OCH3 is 1. The highest BCUT2D eigenvalue weighted by Gasteiger charge is 2.39. The highest BCUT2D eigenvalue weighted by Crippen LogP contribution is 2.44. The van der Waals surface area contributed by atoms with Gasteiger partial charge in [-0.05, 0) is 30.5 Å². The van der Waals surface area contributed by atoms with E-state index in [4.69, 9.17) is 5.73 Å². The molecule has 0 aliphatic carbocycles. The van der Waals surface area contributed by atoms with Crippen molar-refractivity contribution in [3.8, 4) is 0 Å². The Kier molecular flexibility index (Phi) is 9.50. The van der Waals surface area contributed by atoms with Gasteiger partial charge in [0.15, 0.2) is 5.78 Å². The number of Topliss-reactive ketones (excluding diaryl/α,β-unsaturated/α-hetero) is 1. The average molecular weight is 543 g/mol. The first-order chi connectivity index (χ1) is 18.4. The number of aromatic nitrogens is 1. The molecular weight excluding hydrogens is 510 g/mol. The highest BCUT2D eigenvalue weighted by molar-refractivity contribution is 5.94. The molecule has 0 bridgehead atoms. The fraction of sp³-hybridized carbons (Fsp3) is 0.393. The maximum absolute atomic E-state index is 14.8. The summed E-state index contributed by atoms with van der Waals surface area (Å²) < 4.78 is 35.6. The lowest BCUT2D eigenvalue weighted by atomic mass is 9.94. The zero-order valence-electron chi connectivity index (χ0n) is 22.1. The van der Waals surface area contributed by atoms with Crippen LogP contribution in [0.25, 0.3) is 0 Å². The maximum atomic E-state index is 14.8. The molecule has 3 rings (SSSR count). The van der Waals surface area contributed by atoms with Crippen molar-refractivity contribution in [2.75, 3.05) is 7.11 Å². The van der Waals surface area contributed by atoms with Gasteiger partial charge in [-0.15, -0.1) is 0 Å². The maximum Gasteiger partial charge on any atom is 0.407 e. The van der Waals surface area contributed by atoms with Gasteiger partial charge in [-0.3, -0.25) is 19.4 Å². The van der Waals surface area contributed by atoms with Crippen LogP contribution < -0.4 is 16.6 Å². The normalized spacial score (nSPS) is 13.7. The average Bonchev–Trinajstić information content (AvgIpc) is 3.30. The third-order valence-electron chi connectivity index (χ3n) is 6.46. The van der Waals surface area contributed by atoms with Gasteiger partial charge >= 0.3 is 6.09 Å². The van der Waals surface area contributed by atoms with Crippen LogP contribution in [-0.4, -0.2) is 41.2 Å². The van der Waals surface area contributed by atoms with Crippen molar-refractivity contribution in [3.63, 3.8) is 0 Å². The molecule has 9 nitrogen and oxygen atoms in total. The number of hydrogen-bond acceptors (Lipinski definition) is 6. The summed E-state index contributed by atoms with van der Waals surface area (Å²) in [4.78, 5) is 53.3. The van der Waals surface area contributed by atoms with Crippen molar-refractivity contribution in [1.82, 2.24) is 9.88 Å². The number of fused-ring (bicyclic) bond motifs is 1. The van der Waals surface area contributed by atoms with Crippen LogP contribution in [0.15, 0.2) is 58.5 Å². The molecule has 1 aliphatic heterocycles. The molecule has 39 heavy (non-hydrogen) atoms. The molecule has 2 amide bonds. The number of benzene rings is 1. The second-order valence-corrected chi connectivity index (χ2v) is 9.63. The van der Waals surface area contributed by atoms with Crippen molar-refractivity contribution in [2.45, 2.75) is 58.0 Å². The van der Waals surface area contributed by atoms with E-state index >= 15 is 0 Å². The van der Waals surface area contributed by atoms with E-state index in [-0.39, 0.29) is 42.6 Å². The Morgan fingerprint density at radius 1 is 1.23 bits per heavy atom. The number of nitrogens with two attached hydrogens (primary N) is 1. The number of alkyl carbamates (subject to hydrolysis) is 1. The highest BCUT2D eigenvalue weighted by atomic mass is 19.3. The minimum atomic E-state index is -3.05. The number of primary amides is 1. The molecule has 1 aromatic heterocycles. The van der Waals surface area contributed by atoms with Crippen LogP contribution in [0.2, 0.25) is 0 Å². The van der Waals surface area contributed by atoms with Crippen molar-refractivity contribution in [2.24, 2.45) is 16.6 Å². The van der Waals surface area contributed by atoms with E-state index in [1.165, 1.54) is 36.6 Å². The Balaban J connectivity index is 1.78. The standard InChI is InChI=1S/C28H32F2N4O5/c1-17(2)28(29,30)21-10-6-8-18-14-20(32-25(18)21)16-34-13-7-9-19(26(34)37)15-23(35)22(33-27(38)39-3)11-4-5-12-24(31)36/h5-10,12-13,17,22H,4,11,14-16H2,1-3H3,(H2,31,36)(H,33,38)/b12-5+/t22-/m0/s1. The first-order valence-corrected chi connectivity index (χ1v) is 12.5. The Labute approximate surface area is 224 Å². The second kappa shape index (κ2) is 12.6. The number of nitrogens with zero attached hydrogens (tertiary/aromatic N) is 2. The SMILES string of the molecule is COC(=O)N[C@@H](CC/C=C/C(N)=O)C(=O)Cc1cccn(CC2=Nc3c(cccc3C(F)(F)C(C)C)C2)c1=O. The van der Waals surface area contributed by atoms with E-state index in [1.54, 1.807) is 24.4 Å². The molecule has 1 aliphatic rings. The molecule has 1 atom stereocenters. The van der Waals surface area contributed by atoms with E-state index < -0.39 is 41.2 Å². The van der Waals surface area contributed by atoms with Gasteiger partial charge in [0.2, 0.25) is 5.91 Å². The molecule has 0 fully saturated rings. The smallest absolute Gasteiger partial charge is 0.407 e. The zero-order valence-corrected chi connectivity index (χ0v) is 22.1. The summed E-state index contributed by atoms with van der Waals surface area (Å²) in [6.07, 6.45) is 3.90. The summed E-state index contributed by atoms with van der Waals surface area (Å²) in [7, 11) is 1.16. The zero-order chi connectivity index (χ0) is 28.7. The number of para-hydroxylation sites is 1. The summed E-state index contributed by atoms with van der Waals surface area (Å²) in [6.45, 7) is 2.98. The number of hydrogen-bond donors (Lipinski definition) is 2. The molecule has 3 N–H and O–H groups in total. The largest absolute Gasteiger partial charge is 0.453 e. The monoisotopic (exact) mass is 542 g/mol. The lowest BCUT2D eigenvalue weighted by molar-refractivity contribution is -0.120. The molecule has 1 aromatic carbocycles. The number of carbonyl (C=O) groups is 3. The molecule has 0 spiro atoms. The quantitative estimate of drug-likeness (QED) is 0.396. The number of amides is 2. The van der Waals surface area contributed by atoms with E-state index in [2.05, 4.69) is 15.0 Å². The van der Waals surface area contributed by atoms with E-state index in [9.17, 15) is 28.0 Å². The van der Waals surface area contributed by atoms with E-state index in [0.29, 0.717) is 17.7 Å². The fourth-order valence-electron chi connectivity index (χ4n) is 4.29. The van der Waals surface area contributed by atoms with Crippen LogP contribution in [0, 0.1) is 5.92 Å². The molecular formula is C28H32F2N4O5. The van der Waals surface area contributed by atoms with Gasteiger partial charge in [-0.25, -0.2) is 13.6 Å².